The monoisotopic (exact) mass is 340 g/mol. The first-order chi connectivity index (χ1) is 9.31. The number of rotatable bonds is 6. The van der Waals surface area contributed by atoms with Crippen molar-refractivity contribution in [1.29, 1.82) is 0 Å². The number of nitrogens with one attached hydrogen (secondary N) is 1. The summed E-state index contributed by atoms with van der Waals surface area (Å²) in [7, 11) is 0. The average Bonchev–Trinajstić information content (AvgIpc) is 2.32. The summed E-state index contributed by atoms with van der Waals surface area (Å²) >= 11 is 3.38. The van der Waals surface area contributed by atoms with E-state index in [1.807, 2.05) is 19.1 Å². The lowest BCUT2D eigenvalue weighted by molar-refractivity contribution is 0.0937. The Kier molecular flexibility index (Phi) is 6.53. The maximum absolute atomic E-state index is 12.3. The van der Waals surface area contributed by atoms with Crippen LogP contribution in [0.15, 0.2) is 16.6 Å². The number of nitrogen functional groups attached to an aromatic ring is 1. The highest BCUT2D eigenvalue weighted by molar-refractivity contribution is 9.10. The lowest BCUT2D eigenvalue weighted by Gasteiger charge is -2.16. The molecule has 0 heterocycles. The minimum Gasteiger partial charge on any atom is -0.398 e. The maximum atomic E-state index is 12.3. The summed E-state index contributed by atoms with van der Waals surface area (Å²) in [6, 6.07) is 3.82. The second-order valence-corrected chi connectivity index (χ2v) is 6.78. The molecule has 0 aromatic heterocycles. The highest BCUT2D eigenvalue weighted by Crippen LogP contribution is 2.23. The summed E-state index contributed by atoms with van der Waals surface area (Å²) in [5.74, 6) is 0.664. The molecule has 0 aliphatic heterocycles. The predicted octanol–water partition coefficient (Wildman–Crippen LogP) is 4.28. The number of anilines is 1. The number of hydrogen-bond acceptors (Lipinski definition) is 2. The number of carbonyl (C=O) groups is 1. The Morgan fingerprint density at radius 2 is 1.95 bits per heavy atom. The van der Waals surface area contributed by atoms with Gasteiger partial charge in [0.15, 0.2) is 0 Å². The zero-order valence-electron chi connectivity index (χ0n) is 12.8. The fraction of sp³-hybridized carbons (Fsp3) is 0.562. The molecule has 1 rings (SSSR count). The van der Waals surface area contributed by atoms with Crippen molar-refractivity contribution in [2.75, 3.05) is 5.73 Å². The Labute approximate surface area is 130 Å². The molecule has 1 unspecified atom stereocenters. The number of carbonyl (C=O) groups excluding carboxylic acids is 1. The molecule has 112 valence electrons. The highest BCUT2D eigenvalue weighted by atomic mass is 79.9. The second-order valence-electron chi connectivity index (χ2n) is 5.87. The topological polar surface area (TPSA) is 55.1 Å². The molecule has 0 bridgehead atoms. The Balaban J connectivity index is 2.63. The highest BCUT2D eigenvalue weighted by Gasteiger charge is 2.14. The van der Waals surface area contributed by atoms with Crippen molar-refractivity contribution < 1.29 is 4.79 Å². The van der Waals surface area contributed by atoms with E-state index in [0.717, 1.165) is 22.9 Å². The van der Waals surface area contributed by atoms with Gasteiger partial charge < -0.3 is 11.1 Å². The summed E-state index contributed by atoms with van der Waals surface area (Å²) in [6.07, 6.45) is 3.34. The van der Waals surface area contributed by atoms with Crippen molar-refractivity contribution in [2.45, 2.75) is 53.0 Å². The molecule has 0 saturated heterocycles. The van der Waals surface area contributed by atoms with Crippen LogP contribution in [0.3, 0.4) is 0 Å². The summed E-state index contributed by atoms with van der Waals surface area (Å²) in [4.78, 5) is 12.3. The average molecular weight is 341 g/mol. The fourth-order valence-corrected chi connectivity index (χ4v) is 2.62. The van der Waals surface area contributed by atoms with Gasteiger partial charge in [-0.05, 0) is 43.9 Å². The maximum Gasteiger partial charge on any atom is 0.251 e. The van der Waals surface area contributed by atoms with Crippen molar-refractivity contribution >= 4 is 27.5 Å². The van der Waals surface area contributed by atoms with Crippen LogP contribution in [-0.2, 0) is 0 Å². The molecule has 0 radical (unpaired) electrons. The van der Waals surface area contributed by atoms with Crippen LogP contribution in [0.5, 0.6) is 0 Å². The van der Waals surface area contributed by atoms with Gasteiger partial charge in [0.2, 0.25) is 0 Å². The van der Waals surface area contributed by atoms with E-state index in [4.69, 9.17) is 5.73 Å². The molecular formula is C16H25BrN2O. The van der Waals surface area contributed by atoms with Gasteiger partial charge in [-0.3, -0.25) is 4.79 Å². The van der Waals surface area contributed by atoms with E-state index in [2.05, 4.69) is 42.0 Å². The smallest absolute Gasteiger partial charge is 0.251 e. The van der Waals surface area contributed by atoms with Gasteiger partial charge in [-0.15, -0.1) is 0 Å². The summed E-state index contributed by atoms with van der Waals surface area (Å²) in [6.45, 7) is 8.36. The van der Waals surface area contributed by atoms with Crippen LogP contribution in [-0.4, -0.2) is 11.9 Å². The van der Waals surface area contributed by atoms with Gasteiger partial charge in [0.05, 0.1) is 0 Å². The zero-order chi connectivity index (χ0) is 15.3. The molecule has 1 amide bonds. The van der Waals surface area contributed by atoms with Gasteiger partial charge in [0, 0.05) is 21.8 Å². The summed E-state index contributed by atoms with van der Waals surface area (Å²) in [5.41, 5.74) is 8.01. The fourth-order valence-electron chi connectivity index (χ4n) is 2.14. The molecular weight excluding hydrogens is 316 g/mol. The van der Waals surface area contributed by atoms with Gasteiger partial charge in [0.1, 0.15) is 0 Å². The van der Waals surface area contributed by atoms with Crippen molar-refractivity contribution in [3.8, 4) is 0 Å². The molecule has 0 saturated carbocycles. The quantitative estimate of drug-likeness (QED) is 0.759. The van der Waals surface area contributed by atoms with Gasteiger partial charge in [0.25, 0.3) is 5.91 Å². The van der Waals surface area contributed by atoms with Crippen LogP contribution in [0.1, 0.15) is 56.0 Å². The van der Waals surface area contributed by atoms with Crippen molar-refractivity contribution in [1.82, 2.24) is 5.32 Å². The largest absolute Gasteiger partial charge is 0.398 e. The first-order valence-corrected chi connectivity index (χ1v) is 7.97. The van der Waals surface area contributed by atoms with Crippen LogP contribution >= 0.6 is 15.9 Å². The standard InChI is InChI=1S/C16H25BrN2O/c1-10(2)6-5-7-11(3)19-16(20)14-8-13(17)9-15(18)12(14)4/h8-11H,5-7,18H2,1-4H3,(H,19,20). The number of hydrogen-bond donors (Lipinski definition) is 2. The number of halogens is 1. The van der Waals surface area contributed by atoms with E-state index in [1.165, 1.54) is 6.42 Å². The van der Waals surface area contributed by atoms with E-state index in [1.54, 1.807) is 0 Å². The summed E-state index contributed by atoms with van der Waals surface area (Å²) < 4.78 is 0.832. The SMILES string of the molecule is Cc1c(N)cc(Br)cc1C(=O)NC(C)CCCC(C)C. The van der Waals surface area contributed by atoms with Gasteiger partial charge in [-0.2, -0.15) is 0 Å². The molecule has 0 aliphatic rings. The molecule has 0 aliphatic carbocycles. The van der Waals surface area contributed by atoms with E-state index in [-0.39, 0.29) is 11.9 Å². The lowest BCUT2D eigenvalue weighted by Crippen LogP contribution is -2.33. The Morgan fingerprint density at radius 3 is 2.55 bits per heavy atom. The van der Waals surface area contributed by atoms with E-state index in [0.29, 0.717) is 17.2 Å². The predicted molar refractivity (Wildman–Crippen MR) is 88.9 cm³/mol. The molecule has 20 heavy (non-hydrogen) atoms. The van der Waals surface area contributed by atoms with Crippen LogP contribution in [0.4, 0.5) is 5.69 Å². The van der Waals surface area contributed by atoms with Gasteiger partial charge in [-0.1, -0.05) is 42.6 Å². The lowest BCUT2D eigenvalue weighted by atomic mass is 10.0. The second kappa shape index (κ2) is 7.67. The van der Waals surface area contributed by atoms with E-state index in [9.17, 15) is 4.79 Å². The Hall–Kier alpha value is -1.03. The molecule has 1 atom stereocenters. The normalized spacial score (nSPS) is 12.5. The zero-order valence-corrected chi connectivity index (χ0v) is 14.4. The molecule has 3 nitrogen and oxygen atoms in total. The van der Waals surface area contributed by atoms with Crippen LogP contribution in [0, 0.1) is 12.8 Å². The molecule has 1 aromatic rings. The Bertz CT molecular complexity index is 472. The molecule has 1 aromatic carbocycles. The molecule has 0 spiro atoms. The van der Waals surface area contributed by atoms with Crippen LogP contribution in [0.2, 0.25) is 0 Å². The van der Waals surface area contributed by atoms with Gasteiger partial charge in [-0.25, -0.2) is 0 Å². The first-order valence-electron chi connectivity index (χ1n) is 7.17. The third-order valence-electron chi connectivity index (χ3n) is 3.45. The number of nitrogens with two attached hydrogens (primary N) is 1. The van der Waals surface area contributed by atoms with E-state index < -0.39 is 0 Å². The minimum absolute atomic E-state index is 0.0486. The minimum atomic E-state index is -0.0486. The van der Waals surface area contributed by atoms with E-state index >= 15 is 0 Å². The van der Waals surface area contributed by atoms with Crippen molar-refractivity contribution in [2.24, 2.45) is 5.92 Å². The van der Waals surface area contributed by atoms with Crippen LogP contribution in [0.25, 0.3) is 0 Å². The Morgan fingerprint density at radius 1 is 1.30 bits per heavy atom. The number of benzene rings is 1. The van der Waals surface area contributed by atoms with Crippen molar-refractivity contribution in [3.63, 3.8) is 0 Å². The van der Waals surface area contributed by atoms with Gasteiger partial charge >= 0.3 is 0 Å². The van der Waals surface area contributed by atoms with Crippen molar-refractivity contribution in [3.05, 3.63) is 27.7 Å². The van der Waals surface area contributed by atoms with Crippen LogP contribution < -0.4 is 11.1 Å². The first kappa shape index (κ1) is 17.0. The molecule has 3 N–H and O–H groups in total. The molecule has 0 fully saturated rings. The summed E-state index contributed by atoms with van der Waals surface area (Å²) in [5, 5.41) is 3.05. The third-order valence-corrected chi connectivity index (χ3v) is 3.91. The number of amides is 1. The third kappa shape index (κ3) is 5.16. The molecule has 4 heteroatoms.